The summed E-state index contributed by atoms with van der Waals surface area (Å²) in [5.41, 5.74) is 2.92. The molecule has 0 N–H and O–H groups in total. The van der Waals surface area contributed by atoms with Gasteiger partial charge in [0.15, 0.2) is 5.78 Å². The highest BCUT2D eigenvalue weighted by molar-refractivity contribution is 6.18. The van der Waals surface area contributed by atoms with Gasteiger partial charge in [0, 0.05) is 17.7 Å². The van der Waals surface area contributed by atoms with Crippen LogP contribution < -0.4 is 0 Å². The minimum absolute atomic E-state index is 0.140. The maximum Gasteiger partial charge on any atom is 0.155 e. The molecule has 1 nitrogen and oxygen atoms in total. The van der Waals surface area contributed by atoms with Crippen LogP contribution in [0, 0.1) is 5.41 Å². The molecule has 1 unspecified atom stereocenters. The molecule has 1 atom stereocenters. The van der Waals surface area contributed by atoms with Gasteiger partial charge >= 0.3 is 0 Å². The lowest BCUT2D eigenvalue weighted by Gasteiger charge is -2.41. The summed E-state index contributed by atoms with van der Waals surface area (Å²) in [7, 11) is 0. The SMILES string of the molecule is CC12CCC(=O)C=C1CCCC2=CCCl. The van der Waals surface area contributed by atoms with Gasteiger partial charge in [-0.25, -0.2) is 0 Å². The fraction of sp³-hybridized carbons (Fsp3) is 0.615. The average Bonchev–Trinajstić information content (AvgIpc) is 2.21. The smallest absolute Gasteiger partial charge is 0.155 e. The van der Waals surface area contributed by atoms with E-state index in [9.17, 15) is 4.79 Å². The Morgan fingerprint density at radius 1 is 1.47 bits per heavy atom. The first kappa shape index (κ1) is 10.9. The first-order chi connectivity index (χ1) is 7.16. The molecule has 2 aliphatic rings. The van der Waals surface area contributed by atoms with E-state index in [-0.39, 0.29) is 5.41 Å². The van der Waals surface area contributed by atoms with Gasteiger partial charge in [-0.2, -0.15) is 0 Å². The summed E-state index contributed by atoms with van der Waals surface area (Å²) < 4.78 is 0. The third-order valence-electron chi connectivity index (χ3n) is 3.84. The second-order valence-corrected chi connectivity index (χ2v) is 5.01. The van der Waals surface area contributed by atoms with Gasteiger partial charge in [0.1, 0.15) is 0 Å². The van der Waals surface area contributed by atoms with Crippen molar-refractivity contribution in [1.82, 2.24) is 0 Å². The molecule has 2 aliphatic carbocycles. The molecule has 0 aliphatic heterocycles. The van der Waals surface area contributed by atoms with Gasteiger partial charge in [0.25, 0.3) is 0 Å². The second kappa shape index (κ2) is 4.13. The van der Waals surface area contributed by atoms with Crippen molar-refractivity contribution >= 4 is 17.4 Å². The first-order valence-electron chi connectivity index (χ1n) is 5.66. The van der Waals surface area contributed by atoms with E-state index >= 15 is 0 Å². The van der Waals surface area contributed by atoms with E-state index in [1.54, 1.807) is 0 Å². The summed E-state index contributed by atoms with van der Waals surface area (Å²) in [5, 5.41) is 0. The van der Waals surface area contributed by atoms with Crippen LogP contribution in [0.2, 0.25) is 0 Å². The second-order valence-electron chi connectivity index (χ2n) is 4.71. The normalized spacial score (nSPS) is 33.9. The lowest BCUT2D eigenvalue weighted by atomic mass is 9.63. The van der Waals surface area contributed by atoms with E-state index in [0.29, 0.717) is 18.1 Å². The van der Waals surface area contributed by atoms with E-state index in [4.69, 9.17) is 11.6 Å². The van der Waals surface area contributed by atoms with Crippen LogP contribution >= 0.6 is 11.6 Å². The molecule has 0 aromatic heterocycles. The number of carbonyl (C=O) groups is 1. The average molecular weight is 225 g/mol. The van der Waals surface area contributed by atoms with Crippen molar-refractivity contribution in [3.63, 3.8) is 0 Å². The number of rotatable bonds is 1. The Hall–Kier alpha value is -0.560. The Balaban J connectivity index is 2.37. The van der Waals surface area contributed by atoms with Crippen LogP contribution in [0.3, 0.4) is 0 Å². The van der Waals surface area contributed by atoms with Crippen LogP contribution in [0.5, 0.6) is 0 Å². The van der Waals surface area contributed by atoms with Gasteiger partial charge in [-0.15, -0.1) is 11.6 Å². The molecule has 1 fully saturated rings. The zero-order valence-corrected chi connectivity index (χ0v) is 9.94. The molecular weight excluding hydrogens is 208 g/mol. The van der Waals surface area contributed by atoms with Crippen molar-refractivity contribution < 1.29 is 4.79 Å². The molecule has 0 aromatic rings. The minimum Gasteiger partial charge on any atom is -0.295 e. The number of halogens is 1. The summed E-state index contributed by atoms with van der Waals surface area (Å²) in [4.78, 5) is 11.4. The van der Waals surface area contributed by atoms with Gasteiger partial charge in [-0.1, -0.05) is 24.1 Å². The minimum atomic E-state index is 0.140. The van der Waals surface area contributed by atoms with Crippen LogP contribution in [-0.4, -0.2) is 11.7 Å². The molecule has 0 aromatic carbocycles. The Labute approximate surface area is 96.2 Å². The van der Waals surface area contributed by atoms with Crippen LogP contribution in [-0.2, 0) is 4.79 Å². The van der Waals surface area contributed by atoms with Crippen LogP contribution in [0.25, 0.3) is 0 Å². The molecule has 0 heterocycles. The maximum absolute atomic E-state index is 11.4. The van der Waals surface area contributed by atoms with Gasteiger partial charge in [0.05, 0.1) is 0 Å². The van der Waals surface area contributed by atoms with E-state index in [1.807, 2.05) is 6.08 Å². The number of carbonyl (C=O) groups excluding carboxylic acids is 1. The third kappa shape index (κ3) is 1.90. The summed E-state index contributed by atoms with van der Waals surface area (Å²) >= 11 is 5.79. The van der Waals surface area contributed by atoms with Crippen molar-refractivity contribution in [3.05, 3.63) is 23.3 Å². The highest BCUT2D eigenvalue weighted by Crippen LogP contribution is 2.49. The molecule has 0 spiro atoms. The maximum atomic E-state index is 11.4. The van der Waals surface area contributed by atoms with Gasteiger partial charge in [0.2, 0.25) is 0 Å². The molecule has 1 saturated carbocycles. The first-order valence-corrected chi connectivity index (χ1v) is 6.19. The molecule has 15 heavy (non-hydrogen) atoms. The highest BCUT2D eigenvalue weighted by Gasteiger charge is 2.38. The number of ketones is 1. The number of alkyl halides is 1. The van der Waals surface area contributed by atoms with E-state index in [0.717, 1.165) is 25.7 Å². The zero-order valence-electron chi connectivity index (χ0n) is 9.18. The largest absolute Gasteiger partial charge is 0.295 e. The van der Waals surface area contributed by atoms with E-state index < -0.39 is 0 Å². The number of fused-ring (bicyclic) bond motifs is 1. The molecular formula is C13H17ClO. The van der Waals surface area contributed by atoms with E-state index in [1.165, 1.54) is 11.1 Å². The Morgan fingerprint density at radius 3 is 3.00 bits per heavy atom. The monoisotopic (exact) mass is 224 g/mol. The molecule has 0 bridgehead atoms. The number of hydrogen-bond acceptors (Lipinski definition) is 1. The van der Waals surface area contributed by atoms with Crippen molar-refractivity contribution in [2.45, 2.75) is 39.0 Å². The van der Waals surface area contributed by atoms with Crippen molar-refractivity contribution in [2.75, 3.05) is 5.88 Å². The van der Waals surface area contributed by atoms with Crippen molar-refractivity contribution in [1.29, 1.82) is 0 Å². The lowest BCUT2D eigenvalue weighted by molar-refractivity contribution is -0.115. The molecule has 0 amide bonds. The van der Waals surface area contributed by atoms with Gasteiger partial charge < -0.3 is 0 Å². The third-order valence-corrected chi connectivity index (χ3v) is 3.99. The number of hydrogen-bond donors (Lipinski definition) is 0. The van der Waals surface area contributed by atoms with Crippen LogP contribution in [0.1, 0.15) is 39.0 Å². The summed E-state index contributed by atoms with van der Waals surface area (Å²) in [6, 6.07) is 0. The standard InChI is InChI=1S/C13H17ClO/c1-13-7-5-12(15)9-11(13)4-2-3-10(13)6-8-14/h6,9H,2-5,7-8H2,1H3. The fourth-order valence-corrected chi connectivity index (χ4v) is 3.03. The Bertz CT molecular complexity index is 340. The Kier molecular flexibility index (Phi) is 3.01. The predicted octanol–water partition coefficient (Wildman–Crippen LogP) is 3.63. The zero-order chi connectivity index (χ0) is 10.9. The van der Waals surface area contributed by atoms with Crippen LogP contribution in [0.4, 0.5) is 0 Å². The summed E-state index contributed by atoms with van der Waals surface area (Å²) in [5.74, 6) is 0.890. The van der Waals surface area contributed by atoms with E-state index in [2.05, 4.69) is 13.0 Å². The Morgan fingerprint density at radius 2 is 2.27 bits per heavy atom. The quantitative estimate of drug-likeness (QED) is 0.491. The van der Waals surface area contributed by atoms with Crippen molar-refractivity contribution in [3.8, 4) is 0 Å². The summed E-state index contributed by atoms with van der Waals surface area (Å²) in [6.07, 6.45) is 9.09. The predicted molar refractivity (Wildman–Crippen MR) is 63.1 cm³/mol. The number of allylic oxidation sites excluding steroid dienone is 4. The van der Waals surface area contributed by atoms with Gasteiger partial charge in [-0.3, -0.25) is 4.79 Å². The summed E-state index contributed by atoms with van der Waals surface area (Å²) in [6.45, 7) is 2.27. The highest BCUT2D eigenvalue weighted by atomic mass is 35.5. The molecule has 0 radical (unpaired) electrons. The molecule has 2 heteroatoms. The molecule has 2 rings (SSSR count). The van der Waals surface area contributed by atoms with Crippen molar-refractivity contribution in [2.24, 2.45) is 5.41 Å². The lowest BCUT2D eigenvalue weighted by Crippen LogP contribution is -2.30. The fourth-order valence-electron chi connectivity index (χ4n) is 2.84. The topological polar surface area (TPSA) is 17.1 Å². The molecule has 82 valence electrons. The van der Waals surface area contributed by atoms with Crippen LogP contribution in [0.15, 0.2) is 23.3 Å². The molecule has 0 saturated heterocycles. The van der Waals surface area contributed by atoms with Gasteiger partial charge in [-0.05, 0) is 31.8 Å².